The Bertz CT molecular complexity index is 620. The predicted octanol–water partition coefficient (Wildman–Crippen LogP) is 0.963. The standard InChI is InChI=1S/C13H17ClN2O3S/c1-10(19-2)9-16-20(17,18)13-6-5-11(4-3-7-15)8-12(13)14/h5-6,8,10,16H,7,9,15H2,1-2H3. The summed E-state index contributed by atoms with van der Waals surface area (Å²) in [6.07, 6.45) is -0.224. The maximum Gasteiger partial charge on any atom is 0.242 e. The van der Waals surface area contributed by atoms with Crippen molar-refractivity contribution in [2.75, 3.05) is 20.2 Å². The largest absolute Gasteiger partial charge is 0.380 e. The summed E-state index contributed by atoms with van der Waals surface area (Å²) in [5.74, 6) is 5.46. The summed E-state index contributed by atoms with van der Waals surface area (Å²) in [6, 6.07) is 4.50. The lowest BCUT2D eigenvalue weighted by molar-refractivity contribution is 0.122. The highest BCUT2D eigenvalue weighted by atomic mass is 35.5. The lowest BCUT2D eigenvalue weighted by Gasteiger charge is -2.12. The van der Waals surface area contributed by atoms with Gasteiger partial charge < -0.3 is 10.5 Å². The Morgan fingerprint density at radius 1 is 1.50 bits per heavy atom. The highest BCUT2D eigenvalue weighted by molar-refractivity contribution is 7.89. The Morgan fingerprint density at radius 2 is 2.20 bits per heavy atom. The molecule has 0 aliphatic rings. The summed E-state index contributed by atoms with van der Waals surface area (Å²) in [4.78, 5) is 0.0146. The van der Waals surface area contributed by atoms with Crippen LogP contribution in [0.4, 0.5) is 0 Å². The first kappa shape index (κ1) is 17.0. The van der Waals surface area contributed by atoms with Crippen LogP contribution in [0.1, 0.15) is 12.5 Å². The van der Waals surface area contributed by atoms with Crippen molar-refractivity contribution in [2.45, 2.75) is 17.9 Å². The number of sulfonamides is 1. The second kappa shape index (κ2) is 7.62. The van der Waals surface area contributed by atoms with Crippen LogP contribution in [0, 0.1) is 11.8 Å². The molecule has 0 aliphatic heterocycles. The average Bonchev–Trinajstić information content (AvgIpc) is 2.42. The maximum atomic E-state index is 12.1. The number of nitrogens with two attached hydrogens (primary N) is 1. The third-order valence-corrected chi connectivity index (χ3v) is 4.43. The third-order valence-electron chi connectivity index (χ3n) is 2.52. The molecule has 0 bridgehead atoms. The fourth-order valence-electron chi connectivity index (χ4n) is 1.34. The summed E-state index contributed by atoms with van der Waals surface area (Å²) in [5, 5.41) is 0.117. The molecule has 1 rings (SSSR count). The van der Waals surface area contributed by atoms with E-state index in [1.807, 2.05) is 0 Å². The molecule has 3 N–H and O–H groups in total. The quantitative estimate of drug-likeness (QED) is 0.793. The van der Waals surface area contributed by atoms with Crippen LogP contribution in [0.25, 0.3) is 0 Å². The van der Waals surface area contributed by atoms with E-state index in [2.05, 4.69) is 16.6 Å². The van der Waals surface area contributed by atoms with Crippen molar-refractivity contribution in [2.24, 2.45) is 5.73 Å². The molecule has 0 heterocycles. The van der Waals surface area contributed by atoms with E-state index in [4.69, 9.17) is 22.1 Å². The van der Waals surface area contributed by atoms with Crippen LogP contribution in [-0.2, 0) is 14.8 Å². The molecule has 0 radical (unpaired) electrons. The molecule has 110 valence electrons. The summed E-state index contributed by atoms with van der Waals surface area (Å²) in [6.45, 7) is 2.16. The number of hydrogen-bond acceptors (Lipinski definition) is 4. The summed E-state index contributed by atoms with van der Waals surface area (Å²) >= 11 is 5.99. The molecule has 0 saturated heterocycles. The maximum absolute atomic E-state index is 12.1. The SMILES string of the molecule is COC(C)CNS(=O)(=O)c1ccc(C#CCN)cc1Cl. The van der Waals surface area contributed by atoms with E-state index in [0.717, 1.165) is 0 Å². The van der Waals surface area contributed by atoms with Gasteiger partial charge in [0.1, 0.15) is 4.90 Å². The van der Waals surface area contributed by atoms with Crippen molar-refractivity contribution in [1.82, 2.24) is 4.72 Å². The number of nitrogens with one attached hydrogen (secondary N) is 1. The minimum absolute atomic E-state index is 0.0146. The Labute approximate surface area is 124 Å². The van der Waals surface area contributed by atoms with Gasteiger partial charge in [0.2, 0.25) is 10.0 Å². The fraction of sp³-hybridized carbons (Fsp3) is 0.385. The second-order valence-electron chi connectivity index (χ2n) is 4.05. The van der Waals surface area contributed by atoms with Gasteiger partial charge in [-0.25, -0.2) is 13.1 Å². The van der Waals surface area contributed by atoms with Crippen molar-refractivity contribution in [3.8, 4) is 11.8 Å². The fourth-order valence-corrected chi connectivity index (χ4v) is 3.00. The predicted molar refractivity (Wildman–Crippen MR) is 79.0 cm³/mol. The molecule has 20 heavy (non-hydrogen) atoms. The molecule has 0 amide bonds. The van der Waals surface area contributed by atoms with Gasteiger partial charge in [0.15, 0.2) is 0 Å². The molecule has 0 aromatic heterocycles. The van der Waals surface area contributed by atoms with Gasteiger partial charge in [-0.05, 0) is 25.1 Å². The molecule has 1 atom stereocenters. The molecular weight excluding hydrogens is 300 g/mol. The lowest BCUT2D eigenvalue weighted by Crippen LogP contribution is -2.31. The van der Waals surface area contributed by atoms with Crippen molar-refractivity contribution in [1.29, 1.82) is 0 Å². The summed E-state index contributed by atoms with van der Waals surface area (Å²) in [5.41, 5.74) is 5.89. The molecular formula is C13H17ClN2O3S. The monoisotopic (exact) mass is 316 g/mol. The molecule has 0 fully saturated rings. The Hall–Kier alpha value is -1.10. The first-order valence-corrected chi connectivity index (χ1v) is 7.77. The molecule has 0 aliphatic carbocycles. The zero-order valence-electron chi connectivity index (χ0n) is 11.3. The van der Waals surface area contributed by atoms with E-state index < -0.39 is 10.0 Å². The van der Waals surface area contributed by atoms with Crippen LogP contribution in [0.2, 0.25) is 5.02 Å². The Balaban J connectivity index is 2.96. The third kappa shape index (κ3) is 4.78. The number of ether oxygens (including phenoxy) is 1. The first-order valence-electron chi connectivity index (χ1n) is 5.91. The van der Waals surface area contributed by atoms with E-state index in [0.29, 0.717) is 5.56 Å². The van der Waals surface area contributed by atoms with Gasteiger partial charge in [0.05, 0.1) is 17.7 Å². The molecule has 0 saturated carbocycles. The molecule has 1 unspecified atom stereocenters. The Morgan fingerprint density at radius 3 is 2.75 bits per heavy atom. The van der Waals surface area contributed by atoms with Crippen molar-refractivity contribution in [3.05, 3.63) is 28.8 Å². The minimum atomic E-state index is -3.67. The van der Waals surface area contributed by atoms with E-state index >= 15 is 0 Å². The van der Waals surface area contributed by atoms with Crippen molar-refractivity contribution >= 4 is 21.6 Å². The van der Waals surface area contributed by atoms with E-state index in [1.165, 1.54) is 19.2 Å². The molecule has 5 nitrogen and oxygen atoms in total. The molecule has 7 heteroatoms. The van der Waals surface area contributed by atoms with Crippen LogP contribution >= 0.6 is 11.6 Å². The van der Waals surface area contributed by atoms with Crippen molar-refractivity contribution in [3.63, 3.8) is 0 Å². The highest BCUT2D eigenvalue weighted by Gasteiger charge is 2.18. The van der Waals surface area contributed by atoms with Crippen LogP contribution in [-0.4, -0.2) is 34.7 Å². The van der Waals surface area contributed by atoms with Crippen LogP contribution in [0.15, 0.2) is 23.1 Å². The number of methoxy groups -OCH3 is 1. The van der Waals surface area contributed by atoms with Gasteiger partial charge >= 0.3 is 0 Å². The van der Waals surface area contributed by atoms with Gasteiger partial charge in [-0.2, -0.15) is 0 Å². The normalized spacial score (nSPS) is 12.6. The average molecular weight is 317 g/mol. The summed E-state index contributed by atoms with van der Waals surface area (Å²) < 4.78 is 31.6. The first-order chi connectivity index (χ1) is 9.40. The molecule has 1 aromatic rings. The second-order valence-corrected chi connectivity index (χ2v) is 6.19. The minimum Gasteiger partial charge on any atom is -0.380 e. The van der Waals surface area contributed by atoms with Gasteiger partial charge in [0.25, 0.3) is 0 Å². The number of benzene rings is 1. The number of rotatable bonds is 5. The summed E-state index contributed by atoms with van der Waals surface area (Å²) in [7, 11) is -2.16. The van der Waals surface area contributed by atoms with Crippen LogP contribution in [0.5, 0.6) is 0 Å². The number of hydrogen-bond donors (Lipinski definition) is 2. The van der Waals surface area contributed by atoms with Gasteiger partial charge in [-0.3, -0.25) is 0 Å². The molecule has 0 spiro atoms. The van der Waals surface area contributed by atoms with Gasteiger partial charge in [-0.15, -0.1) is 0 Å². The van der Waals surface area contributed by atoms with Crippen LogP contribution < -0.4 is 10.5 Å². The lowest BCUT2D eigenvalue weighted by atomic mass is 10.2. The van der Waals surface area contributed by atoms with E-state index in [1.54, 1.807) is 13.0 Å². The van der Waals surface area contributed by atoms with Crippen LogP contribution in [0.3, 0.4) is 0 Å². The highest BCUT2D eigenvalue weighted by Crippen LogP contribution is 2.22. The van der Waals surface area contributed by atoms with E-state index in [9.17, 15) is 8.42 Å². The van der Waals surface area contributed by atoms with Gasteiger partial charge in [0, 0.05) is 19.2 Å². The zero-order valence-corrected chi connectivity index (χ0v) is 12.9. The topological polar surface area (TPSA) is 81.4 Å². The Kier molecular flexibility index (Phi) is 6.46. The molecule has 1 aromatic carbocycles. The zero-order chi connectivity index (χ0) is 15.2. The van der Waals surface area contributed by atoms with Gasteiger partial charge in [-0.1, -0.05) is 23.4 Å². The number of halogens is 1. The van der Waals surface area contributed by atoms with Crippen molar-refractivity contribution < 1.29 is 13.2 Å². The van der Waals surface area contributed by atoms with E-state index in [-0.39, 0.29) is 29.1 Å². The smallest absolute Gasteiger partial charge is 0.242 e.